The summed E-state index contributed by atoms with van der Waals surface area (Å²) in [7, 11) is -4.33. The molecule has 1 fully saturated rings. The van der Waals surface area contributed by atoms with Gasteiger partial charge in [-0.2, -0.15) is 8.78 Å². The molecule has 1 N–H and O–H groups in total. The maximum atomic E-state index is 13.0. The van der Waals surface area contributed by atoms with Gasteiger partial charge in [0.2, 0.25) is 0 Å². The van der Waals surface area contributed by atoms with E-state index in [1.54, 1.807) is 20.8 Å². The number of halogens is 5. The number of nitrogens with one attached hydrogen (secondary N) is 1. The predicted molar refractivity (Wildman–Crippen MR) is 127 cm³/mol. The highest BCUT2D eigenvalue weighted by molar-refractivity contribution is 7.92. The lowest BCUT2D eigenvalue weighted by Gasteiger charge is -2.37. The van der Waals surface area contributed by atoms with Crippen LogP contribution in [0.2, 0.25) is 0 Å². The molecule has 38 heavy (non-hydrogen) atoms. The van der Waals surface area contributed by atoms with Crippen LogP contribution in [0.1, 0.15) is 20.8 Å². The average Bonchev–Trinajstić information content (AvgIpc) is 2.78. The highest BCUT2D eigenvalue weighted by Crippen LogP contribution is 2.36. The van der Waals surface area contributed by atoms with Gasteiger partial charge in [0.25, 0.3) is 10.0 Å². The third-order valence-electron chi connectivity index (χ3n) is 5.05. The zero-order chi connectivity index (χ0) is 28.3. The average molecular weight is 568 g/mol. The van der Waals surface area contributed by atoms with Crippen molar-refractivity contribution in [1.29, 1.82) is 0 Å². The van der Waals surface area contributed by atoms with Crippen LogP contribution >= 0.6 is 0 Å². The molecule has 0 aliphatic carbocycles. The summed E-state index contributed by atoms with van der Waals surface area (Å²) < 4.78 is 106. The molecule has 1 saturated heterocycles. The molecule has 0 spiro atoms. The lowest BCUT2D eigenvalue weighted by atomic mass is 10.2. The van der Waals surface area contributed by atoms with Gasteiger partial charge in [0.05, 0.1) is 16.3 Å². The van der Waals surface area contributed by atoms with Gasteiger partial charge in [-0.15, -0.1) is 13.2 Å². The summed E-state index contributed by atoms with van der Waals surface area (Å²) in [5.41, 5.74) is -0.899. The minimum Gasteiger partial charge on any atom is -0.444 e. The Labute approximate surface area is 216 Å². The van der Waals surface area contributed by atoms with Gasteiger partial charge in [0.15, 0.2) is 5.75 Å². The van der Waals surface area contributed by atoms with Crippen LogP contribution < -0.4 is 19.1 Å². The van der Waals surface area contributed by atoms with Gasteiger partial charge in [0, 0.05) is 32.2 Å². The van der Waals surface area contributed by atoms with Crippen molar-refractivity contribution in [2.45, 2.75) is 44.2 Å². The van der Waals surface area contributed by atoms with Crippen LogP contribution in [0.15, 0.2) is 47.4 Å². The van der Waals surface area contributed by atoms with Gasteiger partial charge in [-0.25, -0.2) is 13.2 Å². The third-order valence-corrected chi connectivity index (χ3v) is 6.43. The van der Waals surface area contributed by atoms with Crippen molar-refractivity contribution in [1.82, 2.24) is 4.90 Å². The highest BCUT2D eigenvalue weighted by Gasteiger charge is 2.34. The number of carbonyl (C=O) groups excluding carboxylic acids is 1. The zero-order valence-electron chi connectivity index (χ0n) is 20.6. The summed E-state index contributed by atoms with van der Waals surface area (Å²) in [6.07, 6.45) is -5.58. The van der Waals surface area contributed by atoms with E-state index in [4.69, 9.17) is 4.74 Å². The summed E-state index contributed by atoms with van der Waals surface area (Å²) in [4.78, 5) is 14.8. The standard InChI is InChI=1S/C23H26F5N3O6S/c1-22(2,3)37-21(32)31-11-9-30(10-12-31)18-13-15(7-8-19(18)36-23(26,27)28)29-38(33,34)17-6-4-5-16(14-17)35-20(24)25/h4-8,13-14,20,29H,9-12H2,1-3H3. The molecule has 3 rings (SSSR count). The van der Waals surface area contributed by atoms with E-state index in [0.717, 1.165) is 36.4 Å². The van der Waals surface area contributed by atoms with E-state index < -0.39 is 45.3 Å². The van der Waals surface area contributed by atoms with Gasteiger partial charge in [-0.05, 0) is 51.1 Å². The smallest absolute Gasteiger partial charge is 0.444 e. The Kier molecular flexibility index (Phi) is 8.48. The van der Waals surface area contributed by atoms with Crippen molar-refractivity contribution >= 4 is 27.5 Å². The topological polar surface area (TPSA) is 97.4 Å². The molecule has 1 amide bonds. The zero-order valence-corrected chi connectivity index (χ0v) is 21.4. The summed E-state index contributed by atoms with van der Waals surface area (Å²) in [6.45, 7) is 2.43. The molecule has 1 aliphatic rings. The van der Waals surface area contributed by atoms with Crippen molar-refractivity contribution < 1.29 is 49.4 Å². The number of rotatable bonds is 7. The first-order chi connectivity index (χ1) is 17.5. The number of benzene rings is 2. The van der Waals surface area contributed by atoms with Gasteiger partial charge in [0.1, 0.15) is 11.4 Å². The number of carbonyl (C=O) groups is 1. The number of hydrogen-bond acceptors (Lipinski definition) is 7. The molecule has 0 aromatic heterocycles. The van der Waals surface area contributed by atoms with Crippen LogP contribution in [-0.4, -0.2) is 64.2 Å². The molecular formula is C23H26F5N3O6S. The minimum absolute atomic E-state index is 0.0684. The predicted octanol–water partition coefficient (Wildman–Crippen LogP) is 5.04. The molecule has 9 nitrogen and oxygen atoms in total. The molecule has 0 unspecified atom stereocenters. The summed E-state index contributed by atoms with van der Waals surface area (Å²) in [5, 5.41) is 0. The Balaban J connectivity index is 1.84. The number of alkyl halides is 5. The van der Waals surface area contributed by atoms with Crippen molar-refractivity contribution in [3.63, 3.8) is 0 Å². The fourth-order valence-electron chi connectivity index (χ4n) is 3.53. The Morgan fingerprint density at radius 1 is 1.00 bits per heavy atom. The Hall–Kier alpha value is -3.49. The first kappa shape index (κ1) is 29.1. The number of nitrogens with zero attached hydrogens (tertiary/aromatic N) is 2. The molecule has 1 heterocycles. The van der Waals surface area contributed by atoms with Gasteiger partial charge in [-0.1, -0.05) is 6.07 Å². The van der Waals surface area contributed by atoms with Crippen molar-refractivity contribution in [2.24, 2.45) is 0 Å². The van der Waals surface area contributed by atoms with Crippen LogP contribution in [0.25, 0.3) is 0 Å². The SMILES string of the molecule is CC(C)(C)OC(=O)N1CCN(c2cc(NS(=O)(=O)c3cccc(OC(F)F)c3)ccc2OC(F)(F)F)CC1. The van der Waals surface area contributed by atoms with E-state index in [-0.39, 0.29) is 43.3 Å². The maximum absolute atomic E-state index is 13.0. The third kappa shape index (κ3) is 8.26. The number of hydrogen-bond donors (Lipinski definition) is 1. The number of sulfonamides is 1. The second-order valence-corrected chi connectivity index (χ2v) is 10.8. The fourth-order valence-corrected chi connectivity index (χ4v) is 4.61. The number of piperazine rings is 1. The molecule has 210 valence electrons. The summed E-state index contributed by atoms with van der Waals surface area (Å²) in [5.74, 6) is -0.959. The van der Waals surface area contributed by atoms with Gasteiger partial charge in [-0.3, -0.25) is 4.72 Å². The van der Waals surface area contributed by atoms with Crippen LogP contribution in [-0.2, 0) is 14.8 Å². The number of ether oxygens (including phenoxy) is 3. The fraction of sp³-hybridized carbons (Fsp3) is 0.435. The van der Waals surface area contributed by atoms with E-state index in [2.05, 4.69) is 14.2 Å². The lowest BCUT2D eigenvalue weighted by Crippen LogP contribution is -2.50. The van der Waals surface area contributed by atoms with E-state index in [9.17, 15) is 35.2 Å². The summed E-state index contributed by atoms with van der Waals surface area (Å²) >= 11 is 0. The van der Waals surface area contributed by atoms with E-state index in [1.165, 1.54) is 15.9 Å². The van der Waals surface area contributed by atoms with Crippen molar-refractivity contribution in [3.8, 4) is 11.5 Å². The summed E-state index contributed by atoms with van der Waals surface area (Å²) in [6, 6.07) is 7.54. The van der Waals surface area contributed by atoms with Crippen LogP contribution in [0.5, 0.6) is 11.5 Å². The van der Waals surface area contributed by atoms with Gasteiger partial charge < -0.3 is 24.0 Å². The maximum Gasteiger partial charge on any atom is 0.573 e. The largest absolute Gasteiger partial charge is 0.573 e. The molecule has 0 atom stereocenters. The highest BCUT2D eigenvalue weighted by atomic mass is 32.2. The second-order valence-electron chi connectivity index (χ2n) is 9.14. The Morgan fingerprint density at radius 3 is 2.24 bits per heavy atom. The molecular weight excluding hydrogens is 541 g/mol. The van der Waals surface area contributed by atoms with Crippen molar-refractivity contribution in [3.05, 3.63) is 42.5 Å². The first-order valence-electron chi connectivity index (χ1n) is 11.2. The Morgan fingerprint density at radius 2 is 1.66 bits per heavy atom. The number of anilines is 2. The molecule has 15 heteroatoms. The normalized spacial score (nSPS) is 14.9. The van der Waals surface area contributed by atoms with E-state index in [1.807, 2.05) is 0 Å². The minimum atomic E-state index is -5.01. The second kappa shape index (κ2) is 11.1. The Bertz CT molecular complexity index is 1240. The molecule has 1 aliphatic heterocycles. The molecule has 0 saturated carbocycles. The van der Waals surface area contributed by atoms with Gasteiger partial charge >= 0.3 is 19.1 Å². The monoisotopic (exact) mass is 567 g/mol. The van der Waals surface area contributed by atoms with Crippen LogP contribution in [0, 0.1) is 0 Å². The number of amides is 1. The van der Waals surface area contributed by atoms with Crippen LogP contribution in [0.4, 0.5) is 38.1 Å². The molecule has 0 bridgehead atoms. The van der Waals surface area contributed by atoms with Crippen LogP contribution in [0.3, 0.4) is 0 Å². The van der Waals surface area contributed by atoms with E-state index in [0.29, 0.717) is 0 Å². The van der Waals surface area contributed by atoms with E-state index >= 15 is 0 Å². The van der Waals surface area contributed by atoms with Crippen molar-refractivity contribution in [2.75, 3.05) is 35.8 Å². The molecule has 2 aromatic carbocycles. The first-order valence-corrected chi connectivity index (χ1v) is 12.7. The quantitative estimate of drug-likeness (QED) is 0.468. The molecule has 0 radical (unpaired) electrons. The lowest BCUT2D eigenvalue weighted by molar-refractivity contribution is -0.274. The molecule has 2 aromatic rings.